The highest BCUT2D eigenvalue weighted by atomic mass is 32.2. The van der Waals surface area contributed by atoms with Gasteiger partial charge in [0.2, 0.25) is 10.0 Å². The lowest BCUT2D eigenvalue weighted by Crippen LogP contribution is -2.42. The molecule has 0 spiro atoms. The van der Waals surface area contributed by atoms with Crippen LogP contribution in [0.1, 0.15) is 19.8 Å². The SMILES string of the molecule is CCNC(=NCC1(CCO)CCOC1)NCCNS(=O)(=O)c1cccc([N+](=O)[O-])c1. The predicted molar refractivity (Wildman–Crippen MR) is 112 cm³/mol. The number of aliphatic hydroxyl groups excluding tert-OH is 1. The molecule has 1 heterocycles. The molecule has 0 saturated carbocycles. The first-order chi connectivity index (χ1) is 14.3. The van der Waals surface area contributed by atoms with Crippen LogP contribution in [0.15, 0.2) is 34.2 Å². The maximum absolute atomic E-state index is 12.3. The van der Waals surface area contributed by atoms with E-state index in [-0.39, 0.29) is 35.7 Å². The number of aliphatic imine (C=N–C) groups is 1. The summed E-state index contributed by atoms with van der Waals surface area (Å²) in [6, 6.07) is 4.89. The van der Waals surface area contributed by atoms with E-state index in [9.17, 15) is 23.6 Å². The number of nitrogens with zero attached hydrogens (tertiary/aromatic N) is 2. The topological polar surface area (TPSA) is 155 Å². The number of rotatable bonds is 11. The molecular weight excluding hydrogens is 414 g/mol. The molecule has 0 aromatic heterocycles. The molecule has 1 aliphatic heterocycles. The minimum atomic E-state index is -3.87. The standard InChI is InChI=1S/C18H29N5O6S/c1-2-19-17(21-13-18(6-10-24)7-11-29-14-18)20-8-9-22-30(27,28)16-5-3-4-15(12-16)23(25)26/h3-5,12,22,24H,2,6-11,13-14H2,1H3,(H2,19,20,21). The summed E-state index contributed by atoms with van der Waals surface area (Å²) in [6.07, 6.45) is 1.44. The van der Waals surface area contributed by atoms with Gasteiger partial charge in [-0.25, -0.2) is 13.1 Å². The molecule has 4 N–H and O–H groups in total. The van der Waals surface area contributed by atoms with Crippen LogP contribution in [-0.4, -0.2) is 70.4 Å². The fourth-order valence-electron chi connectivity index (χ4n) is 3.09. The zero-order valence-corrected chi connectivity index (χ0v) is 17.8. The van der Waals surface area contributed by atoms with Crippen LogP contribution in [0.25, 0.3) is 0 Å². The Morgan fingerprint density at radius 3 is 2.80 bits per heavy atom. The molecule has 0 amide bonds. The van der Waals surface area contributed by atoms with E-state index in [1.165, 1.54) is 18.2 Å². The molecule has 1 aliphatic rings. The number of nitro benzene ring substituents is 1. The lowest BCUT2D eigenvalue weighted by molar-refractivity contribution is -0.385. The van der Waals surface area contributed by atoms with Crippen molar-refractivity contribution in [3.8, 4) is 0 Å². The number of nitro groups is 1. The van der Waals surface area contributed by atoms with Crippen molar-refractivity contribution in [1.29, 1.82) is 0 Å². The van der Waals surface area contributed by atoms with Gasteiger partial charge in [-0.3, -0.25) is 15.1 Å². The third-order valence-electron chi connectivity index (χ3n) is 4.79. The molecule has 30 heavy (non-hydrogen) atoms. The molecule has 1 saturated heterocycles. The molecule has 1 atom stereocenters. The maximum atomic E-state index is 12.3. The number of benzene rings is 1. The Labute approximate surface area is 176 Å². The summed E-state index contributed by atoms with van der Waals surface area (Å²) in [4.78, 5) is 14.6. The van der Waals surface area contributed by atoms with Gasteiger partial charge in [0.15, 0.2) is 5.96 Å². The van der Waals surface area contributed by atoms with Crippen molar-refractivity contribution in [1.82, 2.24) is 15.4 Å². The van der Waals surface area contributed by atoms with Gasteiger partial charge in [0, 0.05) is 50.4 Å². The smallest absolute Gasteiger partial charge is 0.270 e. The molecule has 0 radical (unpaired) electrons. The summed E-state index contributed by atoms with van der Waals surface area (Å²) in [5.74, 6) is 0.538. The minimum Gasteiger partial charge on any atom is -0.396 e. The fourth-order valence-corrected chi connectivity index (χ4v) is 4.16. The van der Waals surface area contributed by atoms with Crippen LogP contribution < -0.4 is 15.4 Å². The van der Waals surface area contributed by atoms with Gasteiger partial charge >= 0.3 is 0 Å². The highest BCUT2D eigenvalue weighted by Crippen LogP contribution is 2.32. The van der Waals surface area contributed by atoms with Crippen molar-refractivity contribution in [3.05, 3.63) is 34.4 Å². The van der Waals surface area contributed by atoms with Crippen molar-refractivity contribution >= 4 is 21.7 Å². The van der Waals surface area contributed by atoms with Crippen LogP contribution in [0.5, 0.6) is 0 Å². The maximum Gasteiger partial charge on any atom is 0.270 e. The Morgan fingerprint density at radius 2 is 2.17 bits per heavy atom. The molecule has 1 unspecified atom stereocenters. The molecule has 0 aliphatic carbocycles. The predicted octanol–water partition coefficient (Wildman–Crippen LogP) is 0.217. The Bertz CT molecular complexity index is 839. The Kier molecular flexibility index (Phi) is 8.96. The molecular formula is C18H29N5O6S. The van der Waals surface area contributed by atoms with Gasteiger partial charge in [0.25, 0.3) is 5.69 Å². The molecule has 12 heteroatoms. The quantitative estimate of drug-likeness (QED) is 0.124. The van der Waals surface area contributed by atoms with E-state index < -0.39 is 14.9 Å². The highest BCUT2D eigenvalue weighted by Gasteiger charge is 2.34. The van der Waals surface area contributed by atoms with Crippen molar-refractivity contribution in [2.45, 2.75) is 24.7 Å². The summed E-state index contributed by atoms with van der Waals surface area (Å²) in [7, 11) is -3.87. The van der Waals surface area contributed by atoms with Crippen LogP contribution in [-0.2, 0) is 14.8 Å². The second-order valence-corrected chi connectivity index (χ2v) is 8.82. The summed E-state index contributed by atoms with van der Waals surface area (Å²) >= 11 is 0. The van der Waals surface area contributed by atoms with Crippen LogP contribution >= 0.6 is 0 Å². The second kappa shape index (κ2) is 11.2. The normalized spacial score (nSPS) is 19.6. The first kappa shape index (κ1) is 24.0. The lowest BCUT2D eigenvalue weighted by atomic mass is 9.84. The average molecular weight is 444 g/mol. The van der Waals surface area contributed by atoms with E-state index in [0.29, 0.717) is 38.7 Å². The summed E-state index contributed by atoms with van der Waals surface area (Å²) in [6.45, 7) is 4.66. The number of aliphatic hydroxyl groups is 1. The zero-order valence-electron chi connectivity index (χ0n) is 17.0. The van der Waals surface area contributed by atoms with Gasteiger partial charge in [-0.15, -0.1) is 0 Å². The van der Waals surface area contributed by atoms with Gasteiger partial charge in [-0.05, 0) is 25.8 Å². The Morgan fingerprint density at radius 1 is 1.37 bits per heavy atom. The molecule has 168 valence electrons. The minimum absolute atomic E-state index is 0.0698. The first-order valence-electron chi connectivity index (χ1n) is 9.77. The van der Waals surface area contributed by atoms with E-state index in [0.717, 1.165) is 12.5 Å². The summed E-state index contributed by atoms with van der Waals surface area (Å²) in [5.41, 5.74) is -0.467. The molecule has 1 aromatic carbocycles. The zero-order chi connectivity index (χ0) is 22.0. The van der Waals surface area contributed by atoms with E-state index in [1.54, 1.807) is 0 Å². The monoisotopic (exact) mass is 443 g/mol. The van der Waals surface area contributed by atoms with Crippen LogP contribution in [0.4, 0.5) is 5.69 Å². The molecule has 1 aromatic rings. The van der Waals surface area contributed by atoms with E-state index >= 15 is 0 Å². The number of nitrogens with one attached hydrogen (secondary N) is 3. The van der Waals surface area contributed by atoms with Gasteiger partial charge < -0.3 is 20.5 Å². The molecule has 1 fully saturated rings. The van der Waals surface area contributed by atoms with E-state index in [4.69, 9.17) is 4.74 Å². The molecule has 0 bridgehead atoms. The number of hydrogen-bond acceptors (Lipinski definition) is 7. The Hall–Kier alpha value is -2.28. The van der Waals surface area contributed by atoms with Crippen molar-refractivity contribution < 1.29 is 23.2 Å². The van der Waals surface area contributed by atoms with Crippen molar-refractivity contribution in [3.63, 3.8) is 0 Å². The number of sulfonamides is 1. The summed E-state index contributed by atoms with van der Waals surface area (Å²) in [5, 5.41) is 26.3. The van der Waals surface area contributed by atoms with Gasteiger partial charge in [-0.1, -0.05) is 6.07 Å². The van der Waals surface area contributed by atoms with Crippen molar-refractivity contribution in [2.75, 3.05) is 46.0 Å². The first-order valence-corrected chi connectivity index (χ1v) is 11.3. The third kappa shape index (κ3) is 6.90. The van der Waals surface area contributed by atoms with E-state index in [2.05, 4.69) is 20.3 Å². The third-order valence-corrected chi connectivity index (χ3v) is 6.25. The van der Waals surface area contributed by atoms with Gasteiger partial charge in [0.05, 0.1) is 23.0 Å². The number of non-ortho nitro benzene ring substituents is 1. The van der Waals surface area contributed by atoms with Crippen LogP contribution in [0, 0.1) is 15.5 Å². The van der Waals surface area contributed by atoms with Gasteiger partial charge in [0.1, 0.15) is 0 Å². The number of hydrogen-bond donors (Lipinski definition) is 4. The fraction of sp³-hybridized carbons (Fsp3) is 0.611. The molecule has 11 nitrogen and oxygen atoms in total. The lowest BCUT2D eigenvalue weighted by Gasteiger charge is -2.24. The Balaban J connectivity index is 1.91. The summed E-state index contributed by atoms with van der Waals surface area (Å²) < 4.78 is 32.6. The number of ether oxygens (including phenoxy) is 1. The van der Waals surface area contributed by atoms with Crippen molar-refractivity contribution in [2.24, 2.45) is 10.4 Å². The second-order valence-electron chi connectivity index (χ2n) is 7.05. The average Bonchev–Trinajstić information content (AvgIpc) is 3.18. The molecule has 2 rings (SSSR count). The van der Waals surface area contributed by atoms with Crippen LogP contribution in [0.3, 0.4) is 0 Å². The largest absolute Gasteiger partial charge is 0.396 e. The highest BCUT2D eigenvalue weighted by molar-refractivity contribution is 7.89. The van der Waals surface area contributed by atoms with Gasteiger partial charge in [-0.2, -0.15) is 0 Å². The van der Waals surface area contributed by atoms with Crippen LogP contribution in [0.2, 0.25) is 0 Å². The number of guanidine groups is 1. The van der Waals surface area contributed by atoms with E-state index in [1.807, 2.05) is 6.92 Å².